The lowest BCUT2D eigenvalue weighted by atomic mass is 9.83. The third kappa shape index (κ3) is 8.51. The standard InChI is InChI=1S/C40H43ClF3N7O4/c1-54-32-18-22(9-10-23(32)19-45-21-25-11-13-34(52)48-25)37-36(41)29(15-16-46-37)27-5-3-7-28-26(27)6-4-8-31(28)49-38-30(40(42,43)44)17-24(39(51-38)55-2)20-47-33-12-14-35(53)50-33/h3,5,7,9-10,15-18,25,31,33,45,47H,4,6,8,11-14,19-21H2,1-2H3,(H,48,52)(H,49,51)(H,50,53)/t25-,31+,33+/m0/s1. The molecule has 2 fully saturated rings. The monoisotopic (exact) mass is 777 g/mol. The van der Waals surface area contributed by atoms with Crippen LogP contribution < -0.4 is 36.1 Å². The van der Waals surface area contributed by atoms with Crippen molar-refractivity contribution in [3.63, 3.8) is 0 Å². The highest BCUT2D eigenvalue weighted by Crippen LogP contribution is 2.44. The quantitative estimate of drug-likeness (QED) is 0.101. The van der Waals surface area contributed by atoms with Gasteiger partial charge in [-0.3, -0.25) is 19.9 Å². The molecule has 15 heteroatoms. The van der Waals surface area contributed by atoms with E-state index in [0.717, 1.165) is 52.3 Å². The number of carbonyl (C=O) groups is 2. The molecule has 55 heavy (non-hydrogen) atoms. The second-order valence-corrected chi connectivity index (χ2v) is 14.4. The van der Waals surface area contributed by atoms with E-state index in [9.17, 15) is 22.8 Å². The number of pyridine rings is 2. The second kappa shape index (κ2) is 16.4. The number of alkyl halides is 3. The van der Waals surface area contributed by atoms with Gasteiger partial charge in [-0.05, 0) is 67.0 Å². The molecule has 11 nitrogen and oxygen atoms in total. The van der Waals surface area contributed by atoms with Crippen molar-refractivity contribution in [2.24, 2.45) is 0 Å². The highest BCUT2D eigenvalue weighted by atomic mass is 35.5. The van der Waals surface area contributed by atoms with Crippen molar-refractivity contribution in [3.8, 4) is 34.0 Å². The van der Waals surface area contributed by atoms with Crippen molar-refractivity contribution >= 4 is 29.2 Å². The van der Waals surface area contributed by atoms with E-state index < -0.39 is 17.8 Å². The Hall–Kier alpha value is -4.92. The number of nitrogens with one attached hydrogen (secondary N) is 5. The van der Waals surface area contributed by atoms with E-state index in [-0.39, 0.29) is 47.8 Å². The molecular weight excluding hydrogens is 735 g/mol. The topological polar surface area (TPSA) is 139 Å². The fourth-order valence-corrected chi connectivity index (χ4v) is 8.01. The zero-order chi connectivity index (χ0) is 38.7. The Morgan fingerprint density at radius 3 is 2.45 bits per heavy atom. The third-order valence-electron chi connectivity index (χ3n) is 10.4. The average Bonchev–Trinajstić information content (AvgIpc) is 3.80. The number of aromatic nitrogens is 2. The molecule has 2 saturated heterocycles. The van der Waals surface area contributed by atoms with Gasteiger partial charge in [0.25, 0.3) is 0 Å². The number of anilines is 1. The largest absolute Gasteiger partial charge is 0.496 e. The highest BCUT2D eigenvalue weighted by molar-refractivity contribution is 6.35. The van der Waals surface area contributed by atoms with Crippen molar-refractivity contribution in [1.29, 1.82) is 0 Å². The number of nitrogens with zero attached hydrogens (tertiary/aromatic N) is 2. The van der Waals surface area contributed by atoms with E-state index in [2.05, 4.69) is 36.6 Å². The van der Waals surface area contributed by atoms with Crippen molar-refractivity contribution < 1.29 is 32.2 Å². The predicted molar refractivity (Wildman–Crippen MR) is 203 cm³/mol. The summed E-state index contributed by atoms with van der Waals surface area (Å²) in [5.41, 5.74) is 5.12. The molecule has 290 valence electrons. The molecule has 0 unspecified atom stereocenters. The minimum Gasteiger partial charge on any atom is -0.496 e. The molecule has 0 radical (unpaired) electrons. The Labute approximate surface area is 322 Å². The Morgan fingerprint density at radius 2 is 1.73 bits per heavy atom. The molecule has 5 N–H and O–H groups in total. The Kier molecular flexibility index (Phi) is 11.5. The van der Waals surface area contributed by atoms with Crippen LogP contribution in [-0.2, 0) is 35.3 Å². The third-order valence-corrected chi connectivity index (χ3v) is 10.8. The molecule has 1 aliphatic carbocycles. The molecule has 2 amide bonds. The van der Waals surface area contributed by atoms with Gasteiger partial charge in [0.1, 0.15) is 11.6 Å². The van der Waals surface area contributed by atoms with Crippen LogP contribution in [0.5, 0.6) is 11.6 Å². The first-order valence-electron chi connectivity index (χ1n) is 18.4. The number of halogens is 4. The summed E-state index contributed by atoms with van der Waals surface area (Å²) >= 11 is 7.14. The lowest BCUT2D eigenvalue weighted by molar-refractivity contribution is -0.137. The molecular formula is C40H43ClF3N7O4. The molecule has 2 aliphatic heterocycles. The van der Waals surface area contributed by atoms with E-state index in [1.165, 1.54) is 7.11 Å². The van der Waals surface area contributed by atoms with Gasteiger partial charge < -0.3 is 30.7 Å². The number of rotatable bonds is 13. The van der Waals surface area contributed by atoms with Crippen LogP contribution in [0.15, 0.2) is 54.7 Å². The summed E-state index contributed by atoms with van der Waals surface area (Å²) < 4.78 is 54.9. The first kappa shape index (κ1) is 38.4. The van der Waals surface area contributed by atoms with Crippen molar-refractivity contribution in [2.45, 2.75) is 82.5 Å². The zero-order valence-electron chi connectivity index (χ0n) is 30.5. The van der Waals surface area contributed by atoms with E-state index in [4.69, 9.17) is 21.1 Å². The smallest absolute Gasteiger partial charge is 0.419 e. The molecule has 3 atom stereocenters. The maximum Gasteiger partial charge on any atom is 0.419 e. The molecule has 2 aromatic heterocycles. The molecule has 3 aliphatic rings. The highest BCUT2D eigenvalue weighted by Gasteiger charge is 2.37. The minimum absolute atomic E-state index is 0.0330. The Balaban J connectivity index is 1.14. The number of fused-ring (bicyclic) bond motifs is 1. The maximum atomic E-state index is 14.6. The Bertz CT molecular complexity index is 2080. The number of ether oxygens (including phenoxy) is 2. The first-order valence-corrected chi connectivity index (χ1v) is 18.8. The van der Waals surface area contributed by atoms with Crippen LogP contribution in [0.2, 0.25) is 5.02 Å². The summed E-state index contributed by atoms with van der Waals surface area (Å²) in [6.07, 6.45) is 0.967. The van der Waals surface area contributed by atoms with Crippen LogP contribution in [0.4, 0.5) is 19.0 Å². The van der Waals surface area contributed by atoms with E-state index in [1.807, 2.05) is 42.5 Å². The fraction of sp³-hybridized carbons (Fsp3) is 0.400. The van der Waals surface area contributed by atoms with Crippen molar-refractivity contribution in [3.05, 3.63) is 87.6 Å². The summed E-state index contributed by atoms with van der Waals surface area (Å²) in [4.78, 5) is 32.1. The molecule has 0 spiro atoms. The van der Waals surface area contributed by atoms with Gasteiger partial charge in [-0.2, -0.15) is 18.2 Å². The van der Waals surface area contributed by atoms with Crippen LogP contribution >= 0.6 is 11.6 Å². The lowest BCUT2D eigenvalue weighted by Crippen LogP contribution is -2.38. The predicted octanol–water partition coefficient (Wildman–Crippen LogP) is 6.68. The molecule has 4 aromatic rings. The van der Waals surface area contributed by atoms with Gasteiger partial charge in [0.15, 0.2) is 0 Å². The molecule has 4 heterocycles. The SMILES string of the molecule is COc1cc(-c2nccc(-c3cccc4c3CCC[C@H]4Nc3nc(OC)c(CN[C@H]4CCC(=O)N4)cc3C(F)(F)F)c2Cl)ccc1CNC[C@@H]1CCC(=O)N1. The number of carbonyl (C=O) groups excluding carboxylic acids is 2. The molecule has 0 bridgehead atoms. The van der Waals surface area contributed by atoms with Crippen LogP contribution in [0.3, 0.4) is 0 Å². The van der Waals surface area contributed by atoms with Gasteiger partial charge >= 0.3 is 6.18 Å². The minimum atomic E-state index is -4.69. The van der Waals surface area contributed by atoms with Crippen LogP contribution in [0, 0.1) is 0 Å². The van der Waals surface area contributed by atoms with Gasteiger partial charge in [-0.15, -0.1) is 0 Å². The van der Waals surface area contributed by atoms with Crippen LogP contribution in [0.1, 0.15) is 72.4 Å². The van der Waals surface area contributed by atoms with Crippen LogP contribution in [-0.4, -0.2) is 54.8 Å². The van der Waals surface area contributed by atoms with E-state index in [0.29, 0.717) is 61.7 Å². The Morgan fingerprint density at radius 1 is 0.909 bits per heavy atom. The fourth-order valence-electron chi connectivity index (χ4n) is 7.69. The number of amides is 2. The maximum absolute atomic E-state index is 14.6. The summed E-state index contributed by atoms with van der Waals surface area (Å²) in [5.74, 6) is 0.394. The molecule has 7 rings (SSSR count). The summed E-state index contributed by atoms with van der Waals surface area (Å²) in [7, 11) is 2.98. The van der Waals surface area contributed by atoms with Gasteiger partial charge in [0.05, 0.1) is 42.7 Å². The lowest BCUT2D eigenvalue weighted by Gasteiger charge is -2.30. The number of methoxy groups -OCH3 is 2. The van der Waals surface area contributed by atoms with Gasteiger partial charge in [-0.25, -0.2) is 0 Å². The van der Waals surface area contributed by atoms with E-state index in [1.54, 1.807) is 13.3 Å². The summed E-state index contributed by atoms with van der Waals surface area (Å²) in [5, 5.41) is 15.8. The van der Waals surface area contributed by atoms with Gasteiger partial charge in [-0.1, -0.05) is 41.9 Å². The van der Waals surface area contributed by atoms with Gasteiger partial charge in [0, 0.05) is 67.0 Å². The van der Waals surface area contributed by atoms with Crippen LogP contribution in [0.25, 0.3) is 22.4 Å². The number of hydrogen-bond donors (Lipinski definition) is 5. The first-order chi connectivity index (χ1) is 26.5. The summed E-state index contributed by atoms with van der Waals surface area (Å²) in [6, 6.07) is 14.2. The zero-order valence-corrected chi connectivity index (χ0v) is 31.3. The van der Waals surface area contributed by atoms with E-state index >= 15 is 0 Å². The number of benzene rings is 2. The average molecular weight is 778 g/mol. The van der Waals surface area contributed by atoms with Gasteiger partial charge in [0.2, 0.25) is 17.7 Å². The molecule has 2 aromatic carbocycles. The van der Waals surface area contributed by atoms with Crippen molar-refractivity contribution in [2.75, 3.05) is 26.1 Å². The second-order valence-electron chi connectivity index (χ2n) is 14.0. The molecule has 0 saturated carbocycles. The normalized spacial score (nSPS) is 19.5. The van der Waals surface area contributed by atoms with Crippen molar-refractivity contribution in [1.82, 2.24) is 31.2 Å². The summed E-state index contributed by atoms with van der Waals surface area (Å²) in [6.45, 7) is 1.24. The number of hydrogen-bond acceptors (Lipinski definition) is 9.